The number of anilines is 1. The number of ether oxygens (including phenoxy) is 3. The highest BCUT2D eigenvalue weighted by molar-refractivity contribution is 7.92. The van der Waals surface area contributed by atoms with Crippen molar-refractivity contribution in [3.05, 3.63) is 77.9 Å². The van der Waals surface area contributed by atoms with Crippen molar-refractivity contribution < 1.29 is 27.4 Å². The molecule has 1 amide bonds. The summed E-state index contributed by atoms with van der Waals surface area (Å²) >= 11 is 0. The van der Waals surface area contributed by atoms with E-state index in [0.29, 0.717) is 35.1 Å². The van der Waals surface area contributed by atoms with E-state index in [1.54, 1.807) is 50.6 Å². The van der Waals surface area contributed by atoms with Crippen LogP contribution in [0, 0.1) is 0 Å². The molecule has 0 saturated heterocycles. The Morgan fingerprint density at radius 1 is 0.912 bits per heavy atom. The van der Waals surface area contributed by atoms with Gasteiger partial charge in [-0.2, -0.15) is 0 Å². The summed E-state index contributed by atoms with van der Waals surface area (Å²) in [6.07, 6.45) is 0. The molecule has 3 rings (SSSR count). The normalized spacial score (nSPS) is 11.9. The Balaban J connectivity index is 1.67. The number of hydrogen-bond donors (Lipinski definition) is 2. The Morgan fingerprint density at radius 2 is 1.56 bits per heavy atom. The van der Waals surface area contributed by atoms with Crippen LogP contribution in [0.4, 0.5) is 5.69 Å². The van der Waals surface area contributed by atoms with Crippen molar-refractivity contribution in [3.8, 4) is 17.2 Å². The lowest BCUT2D eigenvalue weighted by atomic mass is 10.1. The summed E-state index contributed by atoms with van der Waals surface area (Å²) in [5, 5.41) is 2.90. The summed E-state index contributed by atoms with van der Waals surface area (Å²) in [6.45, 7) is 4.24. The maximum absolute atomic E-state index is 12.7. The molecule has 0 aliphatic heterocycles. The molecule has 34 heavy (non-hydrogen) atoms. The van der Waals surface area contributed by atoms with Crippen LogP contribution < -0.4 is 24.2 Å². The second-order valence-electron chi connectivity index (χ2n) is 7.40. The molecule has 8 nitrogen and oxygen atoms in total. The first-order valence-electron chi connectivity index (χ1n) is 10.7. The lowest BCUT2D eigenvalue weighted by Gasteiger charge is -2.17. The number of benzene rings is 3. The molecule has 0 bridgehead atoms. The number of sulfonamides is 1. The van der Waals surface area contributed by atoms with Gasteiger partial charge in [-0.15, -0.1) is 0 Å². The van der Waals surface area contributed by atoms with E-state index in [2.05, 4.69) is 10.0 Å². The molecule has 0 fully saturated rings. The van der Waals surface area contributed by atoms with Crippen molar-refractivity contribution in [2.45, 2.75) is 24.8 Å². The minimum absolute atomic E-state index is 0.0471. The second-order valence-corrected chi connectivity index (χ2v) is 9.08. The fourth-order valence-electron chi connectivity index (χ4n) is 3.27. The van der Waals surface area contributed by atoms with E-state index in [1.807, 2.05) is 19.9 Å². The first kappa shape index (κ1) is 24.9. The molecule has 180 valence electrons. The molecule has 2 N–H and O–H groups in total. The Bertz CT molecular complexity index is 1230. The number of rotatable bonds is 10. The van der Waals surface area contributed by atoms with E-state index in [-0.39, 0.29) is 16.8 Å². The number of amides is 1. The van der Waals surface area contributed by atoms with E-state index in [1.165, 1.54) is 24.3 Å². The average Bonchev–Trinajstić information content (AvgIpc) is 2.84. The van der Waals surface area contributed by atoms with Crippen molar-refractivity contribution in [3.63, 3.8) is 0 Å². The van der Waals surface area contributed by atoms with Gasteiger partial charge in [0.15, 0.2) is 11.5 Å². The van der Waals surface area contributed by atoms with Crippen LogP contribution in [0.25, 0.3) is 0 Å². The maximum Gasteiger partial charge on any atom is 0.261 e. The Hall–Kier alpha value is -3.72. The quantitative estimate of drug-likeness (QED) is 0.442. The Morgan fingerprint density at radius 3 is 2.15 bits per heavy atom. The van der Waals surface area contributed by atoms with Gasteiger partial charge in [0.2, 0.25) is 0 Å². The summed E-state index contributed by atoms with van der Waals surface area (Å²) in [6, 6.07) is 17.5. The van der Waals surface area contributed by atoms with Crippen molar-refractivity contribution in [2.24, 2.45) is 0 Å². The van der Waals surface area contributed by atoms with Gasteiger partial charge in [0.1, 0.15) is 5.75 Å². The third-order valence-corrected chi connectivity index (χ3v) is 6.50. The van der Waals surface area contributed by atoms with E-state index in [9.17, 15) is 13.2 Å². The van der Waals surface area contributed by atoms with Crippen LogP contribution in [0.5, 0.6) is 17.2 Å². The second kappa shape index (κ2) is 10.9. The highest BCUT2D eigenvalue weighted by Gasteiger charge is 2.17. The molecule has 1 unspecified atom stereocenters. The Labute approximate surface area is 199 Å². The molecule has 0 aliphatic carbocycles. The van der Waals surface area contributed by atoms with E-state index in [4.69, 9.17) is 14.2 Å². The largest absolute Gasteiger partial charge is 0.494 e. The number of nitrogens with one attached hydrogen (secondary N) is 2. The molecular weight excluding hydrogens is 456 g/mol. The van der Waals surface area contributed by atoms with Crippen molar-refractivity contribution >= 4 is 21.6 Å². The first-order chi connectivity index (χ1) is 16.3. The number of carbonyl (C=O) groups is 1. The van der Waals surface area contributed by atoms with Crippen LogP contribution in [0.2, 0.25) is 0 Å². The smallest absolute Gasteiger partial charge is 0.261 e. The minimum atomic E-state index is -3.81. The van der Waals surface area contributed by atoms with Gasteiger partial charge in [-0.25, -0.2) is 8.42 Å². The molecule has 0 aromatic heterocycles. The number of carbonyl (C=O) groups excluding carboxylic acids is 1. The SMILES string of the molecule is CCOc1ccc(NS(=O)(=O)c2ccc(C(=O)NC(C)c3ccc(OC)c(OC)c3)cc2)cc1. The Kier molecular flexibility index (Phi) is 8.01. The predicted octanol–water partition coefficient (Wildman–Crippen LogP) is 4.39. The predicted molar refractivity (Wildman–Crippen MR) is 130 cm³/mol. The molecule has 3 aromatic rings. The van der Waals surface area contributed by atoms with Gasteiger partial charge in [0.05, 0.1) is 31.8 Å². The molecule has 3 aromatic carbocycles. The molecule has 0 radical (unpaired) electrons. The van der Waals surface area contributed by atoms with Gasteiger partial charge in [-0.1, -0.05) is 6.07 Å². The molecule has 1 atom stereocenters. The monoisotopic (exact) mass is 484 g/mol. The summed E-state index contributed by atoms with van der Waals surface area (Å²) in [7, 11) is -0.707. The van der Waals surface area contributed by atoms with E-state index in [0.717, 1.165) is 5.56 Å². The number of hydrogen-bond acceptors (Lipinski definition) is 6. The highest BCUT2D eigenvalue weighted by Crippen LogP contribution is 2.30. The van der Waals surface area contributed by atoms with Gasteiger partial charge in [0.25, 0.3) is 15.9 Å². The average molecular weight is 485 g/mol. The lowest BCUT2D eigenvalue weighted by molar-refractivity contribution is 0.0939. The number of methoxy groups -OCH3 is 2. The summed E-state index contributed by atoms with van der Waals surface area (Å²) in [5.41, 5.74) is 1.59. The van der Waals surface area contributed by atoms with Crippen LogP contribution in [-0.2, 0) is 10.0 Å². The van der Waals surface area contributed by atoms with Gasteiger partial charge >= 0.3 is 0 Å². The van der Waals surface area contributed by atoms with Crippen LogP contribution in [0.3, 0.4) is 0 Å². The van der Waals surface area contributed by atoms with Crippen LogP contribution >= 0.6 is 0 Å². The zero-order chi connectivity index (χ0) is 24.7. The zero-order valence-corrected chi connectivity index (χ0v) is 20.3. The van der Waals surface area contributed by atoms with Gasteiger partial charge in [-0.3, -0.25) is 9.52 Å². The molecule has 0 spiro atoms. The topological polar surface area (TPSA) is 103 Å². The third-order valence-electron chi connectivity index (χ3n) is 5.10. The van der Waals surface area contributed by atoms with Crippen molar-refractivity contribution in [2.75, 3.05) is 25.5 Å². The maximum atomic E-state index is 12.7. The van der Waals surface area contributed by atoms with Gasteiger partial charge in [0, 0.05) is 11.3 Å². The summed E-state index contributed by atoms with van der Waals surface area (Å²) in [5.74, 6) is 1.49. The van der Waals surface area contributed by atoms with Gasteiger partial charge in [-0.05, 0) is 80.1 Å². The molecule has 0 heterocycles. The van der Waals surface area contributed by atoms with Crippen LogP contribution in [0.15, 0.2) is 71.6 Å². The summed E-state index contributed by atoms with van der Waals surface area (Å²) in [4.78, 5) is 12.7. The molecule has 0 aliphatic rings. The first-order valence-corrected chi connectivity index (χ1v) is 12.1. The van der Waals surface area contributed by atoms with Crippen LogP contribution in [0.1, 0.15) is 35.8 Å². The standard InChI is InChI=1S/C25H28N2O6S/c1-5-33-21-11-9-20(10-12-21)27-34(29,30)22-13-6-18(7-14-22)25(28)26-17(2)19-8-15-23(31-3)24(16-19)32-4/h6-17,27H,5H2,1-4H3,(H,26,28). The zero-order valence-electron chi connectivity index (χ0n) is 19.5. The third kappa shape index (κ3) is 5.99. The fourth-order valence-corrected chi connectivity index (χ4v) is 4.33. The molecular formula is C25H28N2O6S. The minimum Gasteiger partial charge on any atom is -0.494 e. The van der Waals surface area contributed by atoms with E-state index < -0.39 is 10.0 Å². The van der Waals surface area contributed by atoms with Gasteiger partial charge < -0.3 is 19.5 Å². The molecule has 9 heteroatoms. The van der Waals surface area contributed by atoms with Crippen LogP contribution in [-0.4, -0.2) is 35.2 Å². The summed E-state index contributed by atoms with van der Waals surface area (Å²) < 4.78 is 43.8. The van der Waals surface area contributed by atoms with E-state index >= 15 is 0 Å². The van der Waals surface area contributed by atoms with Crippen molar-refractivity contribution in [1.82, 2.24) is 5.32 Å². The highest BCUT2D eigenvalue weighted by atomic mass is 32.2. The lowest BCUT2D eigenvalue weighted by Crippen LogP contribution is -2.26. The molecule has 0 saturated carbocycles. The van der Waals surface area contributed by atoms with Crippen molar-refractivity contribution in [1.29, 1.82) is 0 Å². The fraction of sp³-hybridized carbons (Fsp3) is 0.240.